The highest BCUT2D eigenvalue weighted by Crippen LogP contribution is 2.39. The van der Waals surface area contributed by atoms with Gasteiger partial charge in [0.25, 0.3) is 0 Å². The molecule has 1 aliphatic carbocycles. The summed E-state index contributed by atoms with van der Waals surface area (Å²) in [6.07, 6.45) is 0.730. The number of carbonyl (C=O) groups excluding carboxylic acids is 1. The highest BCUT2D eigenvalue weighted by Gasteiger charge is 2.42. The number of carbonyl (C=O) groups is 1. The molecule has 0 fully saturated rings. The Morgan fingerprint density at radius 3 is 2.42 bits per heavy atom. The first-order valence-corrected chi connectivity index (χ1v) is 6.28. The zero-order valence-corrected chi connectivity index (χ0v) is 10.7. The molecule has 0 heterocycles. The fourth-order valence-electron chi connectivity index (χ4n) is 2.80. The fraction of sp³-hybridized carbons (Fsp3) is 0.176. The topological polar surface area (TPSA) is 40.9 Å². The van der Waals surface area contributed by atoms with E-state index in [-0.39, 0.29) is 5.78 Å². The number of ketones is 1. The summed E-state index contributed by atoms with van der Waals surface area (Å²) in [6, 6.07) is 17.2. The summed E-state index contributed by atoms with van der Waals surface area (Å²) in [4.78, 5) is 12.6. The lowest BCUT2D eigenvalue weighted by atomic mass is 9.79. The molecule has 3 rings (SSSR count). The Balaban J connectivity index is 2.06. The van der Waals surface area contributed by atoms with Gasteiger partial charge in [0.05, 0.1) is 17.0 Å². The van der Waals surface area contributed by atoms with Gasteiger partial charge in [0.15, 0.2) is 5.78 Å². The Bertz CT molecular complexity index is 694. The number of fused-ring (bicyclic) bond motifs is 1. The molecule has 0 aromatic heterocycles. The summed E-state index contributed by atoms with van der Waals surface area (Å²) in [5, 5.41) is 8.84. The normalized spacial score (nSPS) is 20.9. The standard InChI is InChI=1S/C17H13NO/c1-17(14-8-6-12(11-18)7-9-14)10-13-4-2-3-5-15(13)16(17)19/h2-9H,10H2,1H3. The molecule has 0 amide bonds. The maximum atomic E-state index is 12.6. The molecule has 0 bridgehead atoms. The van der Waals surface area contributed by atoms with E-state index in [1.165, 1.54) is 0 Å². The van der Waals surface area contributed by atoms with E-state index >= 15 is 0 Å². The van der Waals surface area contributed by atoms with Crippen molar-refractivity contribution < 1.29 is 4.79 Å². The minimum Gasteiger partial charge on any atom is -0.293 e. The SMILES string of the molecule is CC1(c2ccc(C#N)cc2)Cc2ccccc2C1=O. The third-order valence-electron chi connectivity index (χ3n) is 3.96. The van der Waals surface area contributed by atoms with Crippen LogP contribution >= 0.6 is 0 Å². The lowest BCUT2D eigenvalue weighted by Gasteiger charge is -2.22. The fourth-order valence-corrected chi connectivity index (χ4v) is 2.80. The summed E-state index contributed by atoms with van der Waals surface area (Å²) >= 11 is 0. The second-order valence-electron chi connectivity index (χ2n) is 5.18. The van der Waals surface area contributed by atoms with Crippen LogP contribution in [0, 0.1) is 11.3 Å². The zero-order valence-electron chi connectivity index (χ0n) is 10.7. The van der Waals surface area contributed by atoms with E-state index in [1.807, 2.05) is 43.3 Å². The number of nitrogens with zero attached hydrogens (tertiary/aromatic N) is 1. The van der Waals surface area contributed by atoms with E-state index in [9.17, 15) is 4.79 Å². The number of benzene rings is 2. The van der Waals surface area contributed by atoms with Crippen molar-refractivity contribution in [1.82, 2.24) is 0 Å². The van der Waals surface area contributed by atoms with Crippen molar-refractivity contribution in [3.63, 3.8) is 0 Å². The van der Waals surface area contributed by atoms with E-state index in [2.05, 4.69) is 6.07 Å². The highest BCUT2D eigenvalue weighted by atomic mass is 16.1. The molecular formula is C17H13NO. The van der Waals surface area contributed by atoms with Crippen LogP contribution in [0.15, 0.2) is 48.5 Å². The first-order chi connectivity index (χ1) is 9.15. The third-order valence-corrected chi connectivity index (χ3v) is 3.96. The Labute approximate surface area is 112 Å². The van der Waals surface area contributed by atoms with Crippen molar-refractivity contribution in [1.29, 1.82) is 5.26 Å². The van der Waals surface area contributed by atoms with Gasteiger partial charge in [-0.2, -0.15) is 5.26 Å². The van der Waals surface area contributed by atoms with Crippen LogP contribution < -0.4 is 0 Å². The zero-order chi connectivity index (χ0) is 13.5. The van der Waals surface area contributed by atoms with Crippen LogP contribution in [-0.2, 0) is 11.8 Å². The Hall–Kier alpha value is -2.40. The van der Waals surface area contributed by atoms with Gasteiger partial charge in [0, 0.05) is 5.56 Å². The quantitative estimate of drug-likeness (QED) is 0.776. The number of rotatable bonds is 1. The van der Waals surface area contributed by atoms with Gasteiger partial charge in [-0.1, -0.05) is 36.4 Å². The molecule has 2 aromatic rings. The lowest BCUT2D eigenvalue weighted by molar-refractivity contribution is 0.0915. The molecule has 2 heteroatoms. The molecule has 19 heavy (non-hydrogen) atoms. The molecule has 0 N–H and O–H groups in total. The van der Waals surface area contributed by atoms with E-state index in [0.717, 1.165) is 23.1 Å². The van der Waals surface area contributed by atoms with Crippen molar-refractivity contribution in [3.05, 3.63) is 70.8 Å². The first kappa shape index (κ1) is 11.7. The Morgan fingerprint density at radius 2 is 1.79 bits per heavy atom. The van der Waals surface area contributed by atoms with Gasteiger partial charge < -0.3 is 0 Å². The monoisotopic (exact) mass is 247 g/mol. The molecule has 0 aliphatic heterocycles. The van der Waals surface area contributed by atoms with Crippen molar-refractivity contribution in [3.8, 4) is 6.07 Å². The van der Waals surface area contributed by atoms with Crippen LogP contribution in [0.3, 0.4) is 0 Å². The third kappa shape index (κ3) is 1.67. The van der Waals surface area contributed by atoms with Crippen molar-refractivity contribution in [2.75, 3.05) is 0 Å². The summed E-state index contributed by atoms with van der Waals surface area (Å²) in [5.41, 5.74) is 3.04. The minimum absolute atomic E-state index is 0.174. The van der Waals surface area contributed by atoms with Gasteiger partial charge in [-0.3, -0.25) is 4.79 Å². The van der Waals surface area contributed by atoms with Gasteiger partial charge in [-0.25, -0.2) is 0 Å². The summed E-state index contributed by atoms with van der Waals surface area (Å²) in [6.45, 7) is 1.98. The van der Waals surface area contributed by atoms with E-state index in [0.29, 0.717) is 5.56 Å². The van der Waals surface area contributed by atoms with Gasteiger partial charge >= 0.3 is 0 Å². The van der Waals surface area contributed by atoms with Crippen molar-refractivity contribution in [2.45, 2.75) is 18.8 Å². The molecule has 0 radical (unpaired) electrons. The predicted octanol–water partition coefficient (Wildman–Crippen LogP) is 3.25. The Kier molecular flexibility index (Phi) is 2.50. The number of Topliss-reactive ketones (excluding diaryl/α,β-unsaturated/α-hetero) is 1. The van der Waals surface area contributed by atoms with Gasteiger partial charge in [0.2, 0.25) is 0 Å². The predicted molar refractivity (Wildman–Crippen MR) is 73.0 cm³/mol. The molecule has 0 saturated heterocycles. The van der Waals surface area contributed by atoms with Crippen molar-refractivity contribution >= 4 is 5.78 Å². The minimum atomic E-state index is -0.502. The molecule has 1 aliphatic rings. The molecule has 1 atom stereocenters. The molecule has 2 aromatic carbocycles. The average molecular weight is 247 g/mol. The van der Waals surface area contributed by atoms with Crippen molar-refractivity contribution in [2.24, 2.45) is 0 Å². The van der Waals surface area contributed by atoms with Crippen LogP contribution in [-0.4, -0.2) is 5.78 Å². The maximum absolute atomic E-state index is 12.6. The van der Waals surface area contributed by atoms with Gasteiger partial charge in [0.1, 0.15) is 0 Å². The maximum Gasteiger partial charge on any atom is 0.173 e. The molecule has 0 saturated carbocycles. The van der Waals surface area contributed by atoms with Crippen LogP contribution in [0.25, 0.3) is 0 Å². The number of hydrogen-bond donors (Lipinski definition) is 0. The van der Waals surface area contributed by atoms with Gasteiger partial charge in [-0.05, 0) is 36.6 Å². The van der Waals surface area contributed by atoms with E-state index in [4.69, 9.17) is 5.26 Å². The number of hydrogen-bond acceptors (Lipinski definition) is 2. The van der Waals surface area contributed by atoms with Crippen LogP contribution in [0.4, 0.5) is 0 Å². The molecular weight excluding hydrogens is 234 g/mol. The Morgan fingerprint density at radius 1 is 1.11 bits per heavy atom. The molecule has 2 nitrogen and oxygen atoms in total. The molecule has 92 valence electrons. The molecule has 0 spiro atoms. The second-order valence-corrected chi connectivity index (χ2v) is 5.18. The molecule has 1 unspecified atom stereocenters. The van der Waals surface area contributed by atoms with Crippen LogP contribution in [0.2, 0.25) is 0 Å². The second kappa shape index (κ2) is 4.07. The first-order valence-electron chi connectivity index (χ1n) is 6.28. The largest absolute Gasteiger partial charge is 0.293 e. The summed E-state index contributed by atoms with van der Waals surface area (Å²) in [5.74, 6) is 0.174. The average Bonchev–Trinajstić information content (AvgIpc) is 2.72. The van der Waals surface area contributed by atoms with Crippen LogP contribution in [0.1, 0.15) is 34.0 Å². The van der Waals surface area contributed by atoms with Crippen LogP contribution in [0.5, 0.6) is 0 Å². The number of nitriles is 1. The van der Waals surface area contributed by atoms with E-state index in [1.54, 1.807) is 12.1 Å². The smallest absolute Gasteiger partial charge is 0.173 e. The lowest BCUT2D eigenvalue weighted by Crippen LogP contribution is -2.29. The van der Waals surface area contributed by atoms with Gasteiger partial charge in [-0.15, -0.1) is 0 Å². The summed E-state index contributed by atoms with van der Waals surface area (Å²) < 4.78 is 0. The highest BCUT2D eigenvalue weighted by molar-refractivity contribution is 6.08. The van der Waals surface area contributed by atoms with E-state index < -0.39 is 5.41 Å². The summed E-state index contributed by atoms with van der Waals surface area (Å²) in [7, 11) is 0.